The van der Waals surface area contributed by atoms with Crippen molar-refractivity contribution in [3.05, 3.63) is 48.3 Å². The van der Waals surface area contributed by atoms with Gasteiger partial charge in [0, 0.05) is 23.2 Å². The molecule has 8 nitrogen and oxygen atoms in total. The Kier molecular flexibility index (Phi) is 7.77. The number of benzene rings is 2. The molecule has 0 unspecified atom stereocenters. The van der Waals surface area contributed by atoms with Gasteiger partial charge < -0.3 is 24.1 Å². The van der Waals surface area contributed by atoms with Gasteiger partial charge in [0.2, 0.25) is 5.75 Å². The lowest BCUT2D eigenvalue weighted by Crippen LogP contribution is -2.13. The van der Waals surface area contributed by atoms with Crippen molar-refractivity contribution in [3.63, 3.8) is 0 Å². The summed E-state index contributed by atoms with van der Waals surface area (Å²) in [5, 5.41) is 11.6. The Hall–Kier alpha value is -3.20. The van der Waals surface area contributed by atoms with E-state index in [1.165, 1.54) is 11.8 Å². The summed E-state index contributed by atoms with van der Waals surface area (Å²) in [6.07, 6.45) is 1.65. The molecule has 1 heterocycles. The number of carbonyl (C=O) groups excluding carboxylic acids is 1. The Bertz CT molecular complexity index is 994. The second-order valence-electron chi connectivity index (χ2n) is 6.41. The zero-order valence-corrected chi connectivity index (χ0v) is 18.9. The third kappa shape index (κ3) is 5.69. The molecule has 3 rings (SSSR count). The van der Waals surface area contributed by atoms with Crippen LogP contribution in [0, 0.1) is 0 Å². The fourth-order valence-corrected chi connectivity index (χ4v) is 3.56. The summed E-state index contributed by atoms with van der Waals surface area (Å²) in [6.45, 7) is 7.00. The molecule has 0 spiro atoms. The van der Waals surface area contributed by atoms with Crippen LogP contribution in [-0.2, 0) is 7.05 Å². The predicted molar refractivity (Wildman–Crippen MR) is 119 cm³/mol. The molecule has 9 heteroatoms. The van der Waals surface area contributed by atoms with Gasteiger partial charge in [-0.25, -0.2) is 0 Å². The highest BCUT2D eigenvalue weighted by Gasteiger charge is 2.18. The largest absolute Gasteiger partial charge is 0.490 e. The predicted octanol–water partition coefficient (Wildman–Crippen LogP) is 4.41. The quantitative estimate of drug-likeness (QED) is 0.497. The fourth-order valence-electron chi connectivity index (χ4n) is 2.80. The van der Waals surface area contributed by atoms with Gasteiger partial charge in [-0.15, -0.1) is 10.2 Å². The van der Waals surface area contributed by atoms with Crippen LogP contribution in [0.2, 0.25) is 0 Å². The van der Waals surface area contributed by atoms with E-state index in [0.717, 1.165) is 10.1 Å². The number of nitrogens with one attached hydrogen (secondary N) is 1. The van der Waals surface area contributed by atoms with Crippen LogP contribution in [0.1, 0.15) is 31.1 Å². The van der Waals surface area contributed by atoms with Crippen molar-refractivity contribution in [2.24, 2.45) is 7.05 Å². The highest BCUT2D eigenvalue weighted by atomic mass is 32.2. The molecule has 0 saturated carbocycles. The van der Waals surface area contributed by atoms with Gasteiger partial charge >= 0.3 is 0 Å². The molecule has 1 amide bonds. The summed E-state index contributed by atoms with van der Waals surface area (Å²) in [7, 11) is 1.89. The average Bonchev–Trinajstić information content (AvgIpc) is 3.16. The third-order valence-corrected chi connectivity index (χ3v) is 5.22. The summed E-state index contributed by atoms with van der Waals surface area (Å²) in [4.78, 5) is 13.9. The minimum absolute atomic E-state index is 0.265. The minimum Gasteiger partial charge on any atom is -0.490 e. The van der Waals surface area contributed by atoms with Crippen molar-refractivity contribution in [2.45, 2.75) is 30.8 Å². The van der Waals surface area contributed by atoms with E-state index >= 15 is 0 Å². The Morgan fingerprint density at radius 1 is 1.00 bits per heavy atom. The average molecular weight is 443 g/mol. The van der Waals surface area contributed by atoms with Gasteiger partial charge in [-0.3, -0.25) is 4.79 Å². The van der Waals surface area contributed by atoms with E-state index in [2.05, 4.69) is 15.5 Å². The highest BCUT2D eigenvalue weighted by molar-refractivity contribution is 7.99. The first kappa shape index (κ1) is 22.5. The van der Waals surface area contributed by atoms with E-state index < -0.39 is 0 Å². The number of anilines is 1. The van der Waals surface area contributed by atoms with E-state index in [-0.39, 0.29) is 5.91 Å². The van der Waals surface area contributed by atoms with Crippen molar-refractivity contribution < 1.29 is 19.0 Å². The molecular weight excluding hydrogens is 416 g/mol. The zero-order chi connectivity index (χ0) is 22.2. The molecule has 2 aromatic carbocycles. The van der Waals surface area contributed by atoms with Crippen molar-refractivity contribution in [2.75, 3.05) is 25.1 Å². The van der Waals surface area contributed by atoms with Gasteiger partial charge in [-0.2, -0.15) is 0 Å². The highest BCUT2D eigenvalue weighted by Crippen LogP contribution is 2.39. The van der Waals surface area contributed by atoms with Gasteiger partial charge in [-0.1, -0.05) is 0 Å². The van der Waals surface area contributed by atoms with Crippen molar-refractivity contribution >= 4 is 23.4 Å². The number of ether oxygens (including phenoxy) is 3. The molecule has 1 aromatic heterocycles. The topological polar surface area (TPSA) is 87.5 Å². The molecular formula is C22H26N4O4S. The molecule has 0 radical (unpaired) electrons. The summed E-state index contributed by atoms with van der Waals surface area (Å²) in [5.74, 6) is 1.21. The normalized spacial score (nSPS) is 10.6. The first-order valence-electron chi connectivity index (χ1n) is 10.0. The van der Waals surface area contributed by atoms with E-state index in [9.17, 15) is 4.79 Å². The Balaban J connectivity index is 1.78. The summed E-state index contributed by atoms with van der Waals surface area (Å²) in [5.41, 5.74) is 1.10. The van der Waals surface area contributed by atoms with E-state index in [4.69, 9.17) is 14.2 Å². The molecule has 3 aromatic rings. The van der Waals surface area contributed by atoms with Crippen LogP contribution in [-0.4, -0.2) is 40.5 Å². The molecule has 1 N–H and O–H groups in total. The van der Waals surface area contributed by atoms with Crippen LogP contribution in [0.5, 0.6) is 17.2 Å². The number of hydrogen-bond donors (Lipinski definition) is 1. The van der Waals surface area contributed by atoms with Crippen LogP contribution in [0.3, 0.4) is 0 Å². The molecule has 0 bridgehead atoms. The molecule has 164 valence electrons. The molecule has 0 aliphatic heterocycles. The second-order valence-corrected chi connectivity index (χ2v) is 7.45. The van der Waals surface area contributed by atoms with Crippen LogP contribution < -0.4 is 19.5 Å². The van der Waals surface area contributed by atoms with Gasteiger partial charge in [-0.05, 0) is 68.9 Å². The standard InChI is InChI=1S/C22H26N4O4S/c1-5-28-18-12-15(13-19(29-6-2)20(18)30-7-3)21(27)24-16-8-10-17(11-9-16)31-22-25-23-14-26(22)4/h8-14H,5-7H2,1-4H3,(H,24,27). The first-order valence-corrected chi connectivity index (χ1v) is 10.9. The van der Waals surface area contributed by atoms with Gasteiger partial charge in [0.15, 0.2) is 16.7 Å². The fraction of sp³-hybridized carbons (Fsp3) is 0.318. The number of hydrogen-bond acceptors (Lipinski definition) is 7. The summed E-state index contributed by atoms with van der Waals surface area (Å²) in [6, 6.07) is 10.9. The number of nitrogens with zero attached hydrogens (tertiary/aromatic N) is 3. The maximum absolute atomic E-state index is 12.9. The molecule has 31 heavy (non-hydrogen) atoms. The van der Waals surface area contributed by atoms with E-state index in [0.29, 0.717) is 48.3 Å². The number of carbonyl (C=O) groups is 1. The Labute approximate surface area is 185 Å². The lowest BCUT2D eigenvalue weighted by molar-refractivity contribution is 0.102. The van der Waals surface area contributed by atoms with Gasteiger partial charge in [0.1, 0.15) is 6.33 Å². The molecule has 0 aliphatic rings. The zero-order valence-electron chi connectivity index (χ0n) is 18.0. The molecule has 0 fully saturated rings. The van der Waals surface area contributed by atoms with Gasteiger partial charge in [0.05, 0.1) is 19.8 Å². The Morgan fingerprint density at radius 2 is 1.61 bits per heavy atom. The number of amides is 1. The third-order valence-electron chi connectivity index (χ3n) is 4.16. The summed E-state index contributed by atoms with van der Waals surface area (Å²) < 4.78 is 18.9. The van der Waals surface area contributed by atoms with Crippen molar-refractivity contribution in [3.8, 4) is 17.2 Å². The SMILES string of the molecule is CCOc1cc(C(=O)Nc2ccc(Sc3nncn3C)cc2)cc(OCC)c1OCC. The monoisotopic (exact) mass is 442 g/mol. The number of aryl methyl sites for hydroxylation is 1. The van der Waals surface area contributed by atoms with Crippen LogP contribution in [0.4, 0.5) is 5.69 Å². The van der Waals surface area contributed by atoms with Crippen molar-refractivity contribution in [1.29, 1.82) is 0 Å². The molecule has 0 saturated heterocycles. The van der Waals surface area contributed by atoms with E-state index in [1.807, 2.05) is 56.7 Å². The minimum atomic E-state index is -0.265. The van der Waals surface area contributed by atoms with E-state index in [1.54, 1.807) is 18.5 Å². The Morgan fingerprint density at radius 3 is 2.13 bits per heavy atom. The molecule has 0 aliphatic carbocycles. The maximum Gasteiger partial charge on any atom is 0.255 e. The maximum atomic E-state index is 12.9. The smallest absolute Gasteiger partial charge is 0.255 e. The lowest BCUT2D eigenvalue weighted by Gasteiger charge is -2.17. The lowest BCUT2D eigenvalue weighted by atomic mass is 10.1. The second kappa shape index (κ2) is 10.7. The number of rotatable bonds is 10. The van der Waals surface area contributed by atoms with Gasteiger partial charge in [0.25, 0.3) is 5.91 Å². The van der Waals surface area contributed by atoms with Crippen LogP contribution in [0.25, 0.3) is 0 Å². The number of aromatic nitrogens is 3. The molecule has 0 atom stereocenters. The van der Waals surface area contributed by atoms with Crippen LogP contribution >= 0.6 is 11.8 Å². The van der Waals surface area contributed by atoms with Crippen LogP contribution in [0.15, 0.2) is 52.8 Å². The first-order chi connectivity index (χ1) is 15.0. The summed E-state index contributed by atoms with van der Waals surface area (Å²) >= 11 is 1.50. The van der Waals surface area contributed by atoms with Crippen molar-refractivity contribution in [1.82, 2.24) is 14.8 Å².